The summed E-state index contributed by atoms with van der Waals surface area (Å²) >= 11 is 8.09. The molecule has 0 unspecified atom stereocenters. The number of hydrogen-bond acceptors (Lipinski definition) is 4. The normalized spacial score (nSPS) is 11.2. The lowest BCUT2D eigenvalue weighted by Crippen LogP contribution is -2.19. The lowest BCUT2D eigenvalue weighted by Gasteiger charge is -2.11. The van der Waals surface area contributed by atoms with Crippen LogP contribution < -0.4 is 0 Å². The Hall–Kier alpha value is 0.620. The number of rotatable bonds is 3. The molecule has 0 fully saturated rings. The van der Waals surface area contributed by atoms with Gasteiger partial charge in [0.2, 0.25) is 0 Å². The standard InChI is InChI=1S/C4H12N2S2/c1-5(7)3-4-6(2)8/h7-8H,3-4H2,1-2H3. The van der Waals surface area contributed by atoms with Gasteiger partial charge in [-0.2, -0.15) is 0 Å². The average Bonchev–Trinajstić information content (AvgIpc) is 1.61. The Labute approximate surface area is 61.9 Å². The summed E-state index contributed by atoms with van der Waals surface area (Å²) in [5, 5.41) is 0. The molecular formula is C4H12N2S2. The van der Waals surface area contributed by atoms with Crippen LogP contribution in [0.25, 0.3) is 0 Å². The first kappa shape index (κ1) is 8.62. The summed E-state index contributed by atoms with van der Waals surface area (Å²) in [6.07, 6.45) is 0. The van der Waals surface area contributed by atoms with E-state index in [1.807, 2.05) is 22.7 Å². The Balaban J connectivity index is 2.93. The van der Waals surface area contributed by atoms with Crippen LogP contribution in [-0.2, 0) is 0 Å². The summed E-state index contributed by atoms with van der Waals surface area (Å²) in [6.45, 7) is 1.87. The lowest BCUT2D eigenvalue weighted by atomic mass is 10.6. The molecule has 0 atom stereocenters. The molecule has 0 amide bonds. The van der Waals surface area contributed by atoms with Gasteiger partial charge in [-0.25, -0.2) is 0 Å². The number of likely N-dealkylation sites (N-methyl/N-ethyl adjacent to an activating group) is 2. The summed E-state index contributed by atoms with van der Waals surface area (Å²) in [7, 11) is 3.83. The maximum absolute atomic E-state index is 4.05. The van der Waals surface area contributed by atoms with Crippen LogP contribution in [0.15, 0.2) is 0 Å². The van der Waals surface area contributed by atoms with Gasteiger partial charge >= 0.3 is 0 Å². The first-order chi connectivity index (χ1) is 3.63. The van der Waals surface area contributed by atoms with Crippen LogP contribution in [0.1, 0.15) is 0 Å². The minimum atomic E-state index is 0.934. The van der Waals surface area contributed by atoms with E-state index in [-0.39, 0.29) is 0 Å². The fourth-order valence-corrected chi connectivity index (χ4v) is 0.468. The molecule has 2 nitrogen and oxygen atoms in total. The molecule has 0 saturated heterocycles. The fraction of sp³-hybridized carbons (Fsp3) is 1.00. The van der Waals surface area contributed by atoms with Crippen LogP contribution in [0.4, 0.5) is 0 Å². The largest absolute Gasteiger partial charge is 0.255 e. The Bertz CT molecular complexity index is 48.0. The molecule has 4 heteroatoms. The van der Waals surface area contributed by atoms with E-state index in [4.69, 9.17) is 0 Å². The molecule has 0 radical (unpaired) electrons. The van der Waals surface area contributed by atoms with Crippen molar-refractivity contribution in [3.8, 4) is 0 Å². The summed E-state index contributed by atoms with van der Waals surface area (Å²) in [6, 6.07) is 0. The second-order valence-corrected chi connectivity index (χ2v) is 3.13. The Morgan fingerprint density at radius 1 is 1.00 bits per heavy atom. The Kier molecular flexibility index (Phi) is 4.84. The zero-order chi connectivity index (χ0) is 6.57. The van der Waals surface area contributed by atoms with Crippen molar-refractivity contribution < 1.29 is 0 Å². The molecule has 0 rings (SSSR count). The first-order valence-corrected chi connectivity index (χ1v) is 3.23. The van der Waals surface area contributed by atoms with E-state index < -0.39 is 0 Å². The molecule has 0 saturated carbocycles. The van der Waals surface area contributed by atoms with Gasteiger partial charge in [0.1, 0.15) is 0 Å². The lowest BCUT2D eigenvalue weighted by molar-refractivity contribution is 0.477. The number of nitrogens with zero attached hydrogens (tertiary/aromatic N) is 2. The van der Waals surface area contributed by atoms with Gasteiger partial charge in [-0.15, -0.1) is 0 Å². The summed E-state index contributed by atoms with van der Waals surface area (Å²) in [4.78, 5) is 0. The van der Waals surface area contributed by atoms with Crippen LogP contribution in [0, 0.1) is 0 Å². The van der Waals surface area contributed by atoms with E-state index in [1.54, 1.807) is 0 Å². The summed E-state index contributed by atoms with van der Waals surface area (Å²) < 4.78 is 3.65. The monoisotopic (exact) mass is 152 g/mol. The van der Waals surface area contributed by atoms with Crippen molar-refractivity contribution in [3.05, 3.63) is 0 Å². The fourth-order valence-electron chi connectivity index (χ4n) is 0.289. The van der Waals surface area contributed by atoms with Gasteiger partial charge in [0, 0.05) is 13.1 Å². The Morgan fingerprint density at radius 3 is 1.38 bits per heavy atom. The van der Waals surface area contributed by atoms with Gasteiger partial charge in [0.05, 0.1) is 0 Å². The maximum atomic E-state index is 4.05. The maximum Gasteiger partial charge on any atom is 0.0221 e. The third kappa shape index (κ3) is 6.62. The molecule has 0 spiro atoms. The van der Waals surface area contributed by atoms with Gasteiger partial charge in [-0.1, -0.05) is 25.6 Å². The van der Waals surface area contributed by atoms with Gasteiger partial charge in [-0.05, 0) is 14.1 Å². The van der Waals surface area contributed by atoms with Crippen molar-refractivity contribution in [3.63, 3.8) is 0 Å². The summed E-state index contributed by atoms with van der Waals surface area (Å²) in [5.41, 5.74) is 0. The molecule has 0 aromatic rings. The molecule has 0 heterocycles. The van der Waals surface area contributed by atoms with Crippen LogP contribution in [0.2, 0.25) is 0 Å². The quantitative estimate of drug-likeness (QED) is 0.570. The van der Waals surface area contributed by atoms with E-state index in [1.165, 1.54) is 0 Å². The zero-order valence-corrected chi connectivity index (χ0v) is 6.99. The second kappa shape index (κ2) is 4.49. The predicted octanol–water partition coefficient (Wildman–Crippen LogP) is 0.540. The highest BCUT2D eigenvalue weighted by molar-refractivity contribution is 7.77. The minimum absolute atomic E-state index is 0.934. The second-order valence-electron chi connectivity index (χ2n) is 1.76. The molecule has 8 heavy (non-hydrogen) atoms. The van der Waals surface area contributed by atoms with Crippen LogP contribution >= 0.6 is 25.6 Å². The van der Waals surface area contributed by atoms with Crippen LogP contribution in [0.3, 0.4) is 0 Å². The number of hydrogen-bond donors (Lipinski definition) is 2. The third-order valence-corrected chi connectivity index (χ3v) is 1.15. The van der Waals surface area contributed by atoms with E-state index in [0.29, 0.717) is 0 Å². The van der Waals surface area contributed by atoms with Gasteiger partial charge < -0.3 is 0 Å². The minimum Gasteiger partial charge on any atom is -0.255 e. The van der Waals surface area contributed by atoms with Crippen LogP contribution in [0.5, 0.6) is 0 Å². The van der Waals surface area contributed by atoms with Crippen molar-refractivity contribution in [1.82, 2.24) is 8.61 Å². The van der Waals surface area contributed by atoms with Gasteiger partial charge in [0.25, 0.3) is 0 Å². The molecule has 0 aliphatic carbocycles. The van der Waals surface area contributed by atoms with E-state index in [0.717, 1.165) is 13.1 Å². The van der Waals surface area contributed by atoms with Crippen LogP contribution in [-0.4, -0.2) is 35.8 Å². The smallest absolute Gasteiger partial charge is 0.0221 e. The van der Waals surface area contributed by atoms with E-state index >= 15 is 0 Å². The molecule has 0 bridgehead atoms. The van der Waals surface area contributed by atoms with Gasteiger partial charge in [0.15, 0.2) is 0 Å². The third-order valence-electron chi connectivity index (χ3n) is 0.747. The van der Waals surface area contributed by atoms with Crippen molar-refractivity contribution in [2.45, 2.75) is 0 Å². The Morgan fingerprint density at radius 2 is 1.25 bits per heavy atom. The summed E-state index contributed by atoms with van der Waals surface area (Å²) in [5.74, 6) is 0. The molecular weight excluding hydrogens is 140 g/mol. The van der Waals surface area contributed by atoms with E-state index in [9.17, 15) is 0 Å². The molecule has 0 aliphatic heterocycles. The highest BCUT2D eigenvalue weighted by Crippen LogP contribution is 1.89. The van der Waals surface area contributed by atoms with E-state index in [2.05, 4.69) is 25.6 Å². The number of thiol groups is 2. The highest BCUT2D eigenvalue weighted by Gasteiger charge is 1.91. The average molecular weight is 152 g/mol. The molecule has 0 N–H and O–H groups in total. The predicted molar refractivity (Wildman–Crippen MR) is 43.2 cm³/mol. The first-order valence-electron chi connectivity index (χ1n) is 2.43. The molecule has 0 aliphatic rings. The van der Waals surface area contributed by atoms with Crippen molar-refractivity contribution >= 4 is 25.6 Å². The zero-order valence-electron chi connectivity index (χ0n) is 5.20. The topological polar surface area (TPSA) is 6.48 Å². The molecule has 50 valence electrons. The van der Waals surface area contributed by atoms with Gasteiger partial charge in [-0.3, -0.25) is 8.61 Å². The molecule has 0 aromatic carbocycles. The van der Waals surface area contributed by atoms with Crippen molar-refractivity contribution in [2.24, 2.45) is 0 Å². The van der Waals surface area contributed by atoms with Crippen molar-refractivity contribution in [2.75, 3.05) is 27.2 Å². The van der Waals surface area contributed by atoms with Crippen molar-refractivity contribution in [1.29, 1.82) is 0 Å². The SMILES string of the molecule is CN(S)CCN(C)S. The highest BCUT2D eigenvalue weighted by atomic mass is 32.1. The molecule has 0 aromatic heterocycles.